The van der Waals surface area contributed by atoms with Gasteiger partial charge in [-0.3, -0.25) is 0 Å². The minimum atomic E-state index is -3.33. The highest BCUT2D eigenvalue weighted by molar-refractivity contribution is 7.88. The zero-order valence-electron chi connectivity index (χ0n) is 9.83. The van der Waals surface area contributed by atoms with Gasteiger partial charge >= 0.3 is 0 Å². The van der Waals surface area contributed by atoms with Crippen molar-refractivity contribution in [3.63, 3.8) is 0 Å². The molecule has 6 heteroatoms. The van der Waals surface area contributed by atoms with Crippen LogP contribution >= 0.6 is 23.2 Å². The Morgan fingerprint density at radius 1 is 1.22 bits per heavy atom. The first-order valence-electron chi connectivity index (χ1n) is 5.90. The molecular formula is C12H15Cl2NO2S. The van der Waals surface area contributed by atoms with Crippen molar-refractivity contribution in [3.05, 3.63) is 33.8 Å². The molecule has 0 unspecified atom stereocenters. The summed E-state index contributed by atoms with van der Waals surface area (Å²) >= 11 is 11.8. The summed E-state index contributed by atoms with van der Waals surface area (Å²) in [6, 6.07) is 4.94. The minimum Gasteiger partial charge on any atom is -0.212 e. The van der Waals surface area contributed by atoms with Gasteiger partial charge in [-0.2, -0.15) is 0 Å². The van der Waals surface area contributed by atoms with Crippen LogP contribution < -0.4 is 4.72 Å². The van der Waals surface area contributed by atoms with E-state index in [2.05, 4.69) is 4.72 Å². The SMILES string of the molecule is O=S(=O)(Cc1ccc(Cl)cc1Cl)NC1CCCC1. The van der Waals surface area contributed by atoms with Gasteiger partial charge in [-0.05, 0) is 30.5 Å². The van der Waals surface area contributed by atoms with E-state index in [0.29, 0.717) is 15.6 Å². The van der Waals surface area contributed by atoms with Gasteiger partial charge in [-0.25, -0.2) is 13.1 Å². The Kier molecular flexibility index (Phi) is 4.54. The van der Waals surface area contributed by atoms with Gasteiger partial charge in [0.2, 0.25) is 10.0 Å². The second-order valence-electron chi connectivity index (χ2n) is 4.59. The highest BCUT2D eigenvalue weighted by atomic mass is 35.5. The molecule has 0 amide bonds. The molecule has 1 aliphatic carbocycles. The Morgan fingerprint density at radius 2 is 1.89 bits per heavy atom. The molecule has 0 aliphatic heterocycles. The molecular weight excluding hydrogens is 293 g/mol. The molecule has 100 valence electrons. The predicted octanol–water partition coefficient (Wildman–Crippen LogP) is 3.36. The fourth-order valence-electron chi connectivity index (χ4n) is 2.18. The first-order chi connectivity index (χ1) is 8.46. The largest absolute Gasteiger partial charge is 0.216 e. The fraction of sp³-hybridized carbons (Fsp3) is 0.500. The van der Waals surface area contributed by atoms with Crippen molar-refractivity contribution in [3.8, 4) is 0 Å². The van der Waals surface area contributed by atoms with Gasteiger partial charge in [-0.1, -0.05) is 42.1 Å². The quantitative estimate of drug-likeness (QED) is 0.927. The van der Waals surface area contributed by atoms with Gasteiger partial charge in [0, 0.05) is 16.1 Å². The lowest BCUT2D eigenvalue weighted by molar-refractivity contribution is 0.551. The van der Waals surface area contributed by atoms with Crippen molar-refractivity contribution in [2.45, 2.75) is 37.5 Å². The van der Waals surface area contributed by atoms with Gasteiger partial charge in [0.25, 0.3) is 0 Å². The maximum Gasteiger partial charge on any atom is 0.216 e. The Labute approximate surface area is 118 Å². The van der Waals surface area contributed by atoms with Gasteiger partial charge in [0.05, 0.1) is 5.75 Å². The van der Waals surface area contributed by atoms with Crippen molar-refractivity contribution in [2.75, 3.05) is 0 Å². The molecule has 18 heavy (non-hydrogen) atoms. The number of benzene rings is 1. The van der Waals surface area contributed by atoms with E-state index >= 15 is 0 Å². The second-order valence-corrected chi connectivity index (χ2v) is 7.19. The van der Waals surface area contributed by atoms with Gasteiger partial charge in [0.1, 0.15) is 0 Å². The van der Waals surface area contributed by atoms with Crippen LogP contribution in [0.3, 0.4) is 0 Å². The van der Waals surface area contributed by atoms with Crippen LogP contribution in [0.4, 0.5) is 0 Å². The number of hydrogen-bond acceptors (Lipinski definition) is 2. The highest BCUT2D eigenvalue weighted by Crippen LogP contribution is 2.24. The third-order valence-electron chi connectivity index (χ3n) is 3.06. The lowest BCUT2D eigenvalue weighted by Crippen LogP contribution is -2.33. The first-order valence-corrected chi connectivity index (χ1v) is 8.31. The number of nitrogens with one attached hydrogen (secondary N) is 1. The molecule has 0 heterocycles. The summed E-state index contributed by atoms with van der Waals surface area (Å²) in [6.45, 7) is 0. The van der Waals surface area contributed by atoms with Gasteiger partial charge in [-0.15, -0.1) is 0 Å². The Hall–Kier alpha value is -0.290. The summed E-state index contributed by atoms with van der Waals surface area (Å²) in [6.07, 6.45) is 4.03. The van der Waals surface area contributed by atoms with Crippen molar-refractivity contribution < 1.29 is 8.42 Å². The number of rotatable bonds is 4. The van der Waals surface area contributed by atoms with E-state index in [9.17, 15) is 8.42 Å². The monoisotopic (exact) mass is 307 g/mol. The van der Waals surface area contributed by atoms with Crippen LogP contribution in [0.15, 0.2) is 18.2 Å². The van der Waals surface area contributed by atoms with Crippen LogP contribution in [0.5, 0.6) is 0 Å². The highest BCUT2D eigenvalue weighted by Gasteiger charge is 2.22. The number of halogens is 2. The maximum atomic E-state index is 12.0. The van der Waals surface area contributed by atoms with Crippen LogP contribution in [0.2, 0.25) is 10.0 Å². The Morgan fingerprint density at radius 3 is 2.50 bits per heavy atom. The molecule has 1 aromatic rings. The third kappa shape index (κ3) is 3.85. The molecule has 1 saturated carbocycles. The number of hydrogen-bond donors (Lipinski definition) is 1. The van der Waals surface area contributed by atoms with Gasteiger partial charge < -0.3 is 0 Å². The van der Waals surface area contributed by atoms with E-state index in [0.717, 1.165) is 25.7 Å². The zero-order valence-corrected chi connectivity index (χ0v) is 12.2. The smallest absolute Gasteiger partial charge is 0.212 e. The molecule has 0 aromatic heterocycles. The Bertz CT molecular complexity index is 525. The lowest BCUT2D eigenvalue weighted by atomic mass is 10.2. The summed E-state index contributed by atoms with van der Waals surface area (Å²) in [7, 11) is -3.33. The molecule has 1 aliphatic rings. The molecule has 1 aromatic carbocycles. The summed E-state index contributed by atoms with van der Waals surface area (Å²) in [5.41, 5.74) is 0.576. The van der Waals surface area contributed by atoms with Crippen LogP contribution in [-0.4, -0.2) is 14.5 Å². The zero-order chi connectivity index (χ0) is 13.2. The van der Waals surface area contributed by atoms with E-state index in [1.807, 2.05) is 0 Å². The average Bonchev–Trinajstić information content (AvgIpc) is 2.74. The van der Waals surface area contributed by atoms with Crippen LogP contribution in [-0.2, 0) is 15.8 Å². The van der Waals surface area contributed by atoms with Crippen molar-refractivity contribution in [1.29, 1.82) is 0 Å². The van der Waals surface area contributed by atoms with Crippen molar-refractivity contribution in [2.24, 2.45) is 0 Å². The van der Waals surface area contributed by atoms with E-state index in [-0.39, 0.29) is 11.8 Å². The van der Waals surface area contributed by atoms with E-state index in [1.54, 1.807) is 18.2 Å². The molecule has 0 atom stereocenters. The Balaban J connectivity index is 2.07. The van der Waals surface area contributed by atoms with E-state index in [1.165, 1.54) is 0 Å². The third-order valence-corrected chi connectivity index (χ3v) is 5.03. The molecule has 0 bridgehead atoms. The average molecular weight is 308 g/mol. The molecule has 0 saturated heterocycles. The summed E-state index contributed by atoms with van der Waals surface area (Å²) < 4.78 is 26.7. The minimum absolute atomic E-state index is 0.0843. The molecule has 2 rings (SSSR count). The van der Waals surface area contributed by atoms with Crippen LogP contribution in [0.1, 0.15) is 31.2 Å². The summed E-state index contributed by atoms with van der Waals surface area (Å²) in [4.78, 5) is 0. The lowest BCUT2D eigenvalue weighted by Gasteiger charge is -2.13. The predicted molar refractivity (Wildman–Crippen MR) is 74.5 cm³/mol. The standard InChI is InChI=1S/C12H15Cl2NO2S/c13-10-6-5-9(12(14)7-10)8-18(16,17)15-11-3-1-2-4-11/h5-7,11,15H,1-4,8H2. The molecule has 3 nitrogen and oxygen atoms in total. The molecule has 1 fully saturated rings. The summed E-state index contributed by atoms with van der Waals surface area (Å²) in [5, 5.41) is 0.893. The number of sulfonamides is 1. The van der Waals surface area contributed by atoms with Crippen molar-refractivity contribution >= 4 is 33.2 Å². The normalized spacial score (nSPS) is 17.2. The molecule has 0 radical (unpaired) electrons. The van der Waals surface area contributed by atoms with Crippen molar-refractivity contribution in [1.82, 2.24) is 4.72 Å². The van der Waals surface area contributed by atoms with Gasteiger partial charge in [0.15, 0.2) is 0 Å². The topological polar surface area (TPSA) is 46.2 Å². The van der Waals surface area contributed by atoms with Crippen LogP contribution in [0.25, 0.3) is 0 Å². The van der Waals surface area contributed by atoms with E-state index < -0.39 is 10.0 Å². The van der Waals surface area contributed by atoms with E-state index in [4.69, 9.17) is 23.2 Å². The maximum absolute atomic E-state index is 12.0. The first kappa shape index (κ1) is 14.1. The second kappa shape index (κ2) is 5.78. The molecule has 0 spiro atoms. The molecule has 1 N–H and O–H groups in total. The van der Waals surface area contributed by atoms with Crippen LogP contribution in [0, 0.1) is 0 Å². The fourth-order valence-corrected chi connectivity index (χ4v) is 4.23. The summed E-state index contributed by atoms with van der Waals surface area (Å²) in [5.74, 6) is -0.0977.